The summed E-state index contributed by atoms with van der Waals surface area (Å²) in [5, 5.41) is 18.0. The Hall–Kier alpha value is -2.22. The smallest absolute Gasteiger partial charge is 0.297 e. The van der Waals surface area contributed by atoms with Crippen LogP contribution in [0.15, 0.2) is 59.7 Å². The maximum absolute atomic E-state index is 10.9. The SMILES string of the molecule is O=[S-](=[N+]=Nc1ccc(Nc2ccccc2)cc1)OOO. The monoisotopic (exact) mass is 293 g/mol. The summed E-state index contributed by atoms with van der Waals surface area (Å²) in [6.45, 7) is 0. The number of para-hydroxylation sites is 1. The summed E-state index contributed by atoms with van der Waals surface area (Å²) in [5.41, 5.74) is 2.33. The maximum atomic E-state index is 10.9. The molecule has 0 amide bonds. The van der Waals surface area contributed by atoms with E-state index in [1.807, 2.05) is 30.3 Å². The van der Waals surface area contributed by atoms with Crippen LogP contribution in [-0.2, 0) is 24.5 Å². The van der Waals surface area contributed by atoms with Crippen LogP contribution in [0.4, 0.5) is 17.1 Å². The van der Waals surface area contributed by atoms with Gasteiger partial charge in [-0.3, -0.25) is 0 Å². The average molecular weight is 293 g/mol. The fourth-order valence-electron chi connectivity index (χ4n) is 1.42. The number of rotatable bonds is 5. The number of nitrogens with one attached hydrogen (secondary N) is 1. The minimum Gasteiger partial charge on any atom is -0.356 e. The van der Waals surface area contributed by atoms with Gasteiger partial charge in [-0.1, -0.05) is 23.2 Å². The highest BCUT2D eigenvalue weighted by atomic mass is 32.2. The summed E-state index contributed by atoms with van der Waals surface area (Å²) in [6.07, 6.45) is 0. The fourth-order valence-corrected chi connectivity index (χ4v) is 1.66. The molecule has 2 aromatic rings. The molecule has 104 valence electrons. The zero-order valence-corrected chi connectivity index (χ0v) is 11.0. The van der Waals surface area contributed by atoms with Crippen molar-refractivity contribution in [3.8, 4) is 0 Å². The van der Waals surface area contributed by atoms with Gasteiger partial charge in [0.15, 0.2) is 0 Å². The first-order chi connectivity index (χ1) is 9.78. The van der Waals surface area contributed by atoms with Crippen molar-refractivity contribution in [3.63, 3.8) is 0 Å². The van der Waals surface area contributed by atoms with E-state index in [1.165, 1.54) is 0 Å². The molecule has 0 saturated heterocycles. The van der Waals surface area contributed by atoms with Crippen LogP contribution < -0.4 is 9.48 Å². The molecule has 0 aromatic heterocycles. The van der Waals surface area contributed by atoms with Crippen molar-refractivity contribution >= 4 is 27.9 Å². The minimum absolute atomic E-state index is 0.485. The van der Waals surface area contributed by atoms with E-state index in [0.29, 0.717) is 5.69 Å². The molecule has 0 unspecified atom stereocenters. The third kappa shape index (κ3) is 4.47. The topological polar surface area (TPSA) is 94.3 Å². The minimum atomic E-state index is -2.19. The molecule has 0 atom stereocenters. The van der Waals surface area contributed by atoms with Gasteiger partial charge in [-0.2, -0.15) is 0 Å². The van der Waals surface area contributed by atoms with E-state index < -0.39 is 10.9 Å². The van der Waals surface area contributed by atoms with Crippen LogP contribution in [0.2, 0.25) is 0 Å². The van der Waals surface area contributed by atoms with Crippen LogP contribution in [-0.4, -0.2) is 5.26 Å². The molecular weight excluding hydrogens is 282 g/mol. The van der Waals surface area contributed by atoms with Crippen LogP contribution in [0.1, 0.15) is 0 Å². The first-order valence-electron chi connectivity index (χ1n) is 5.52. The Kier molecular flexibility index (Phi) is 5.24. The van der Waals surface area contributed by atoms with Crippen molar-refractivity contribution in [2.24, 2.45) is 5.11 Å². The number of benzene rings is 2. The highest BCUT2D eigenvalue weighted by Crippen LogP contribution is 2.19. The number of anilines is 2. The van der Waals surface area contributed by atoms with Gasteiger partial charge in [0.05, 0.1) is 0 Å². The van der Waals surface area contributed by atoms with Crippen molar-refractivity contribution in [1.29, 1.82) is 0 Å². The molecule has 0 heterocycles. The molecule has 2 rings (SSSR count). The van der Waals surface area contributed by atoms with Gasteiger partial charge in [0.2, 0.25) is 0 Å². The number of hydrogen-bond donors (Lipinski definition) is 2. The van der Waals surface area contributed by atoms with E-state index in [9.17, 15) is 4.21 Å². The summed E-state index contributed by atoms with van der Waals surface area (Å²) < 4.78 is 17.9. The zero-order chi connectivity index (χ0) is 14.2. The summed E-state index contributed by atoms with van der Waals surface area (Å²) in [5.74, 6) is 0. The van der Waals surface area contributed by atoms with Gasteiger partial charge in [0.1, 0.15) is 10.8 Å². The number of nitrogens with zero attached hydrogens (tertiary/aromatic N) is 2. The molecule has 0 radical (unpaired) electrons. The summed E-state index contributed by atoms with van der Waals surface area (Å²) in [4.78, 5) is 0. The predicted molar refractivity (Wildman–Crippen MR) is 73.2 cm³/mol. The van der Waals surface area contributed by atoms with Crippen molar-refractivity contribution in [1.82, 2.24) is 4.16 Å². The summed E-state index contributed by atoms with van der Waals surface area (Å²) in [6, 6.07) is 16.7. The predicted octanol–water partition coefficient (Wildman–Crippen LogP) is 3.06. The van der Waals surface area contributed by atoms with Gasteiger partial charge in [0, 0.05) is 11.4 Å². The second kappa shape index (κ2) is 7.39. The molecule has 0 saturated carbocycles. The average Bonchev–Trinajstić information content (AvgIpc) is 2.48. The lowest BCUT2D eigenvalue weighted by molar-refractivity contribution is -0.434. The van der Waals surface area contributed by atoms with E-state index in [0.717, 1.165) is 11.4 Å². The highest BCUT2D eigenvalue weighted by Gasteiger charge is 1.96. The molecular formula is C12H11N3O4S. The summed E-state index contributed by atoms with van der Waals surface area (Å²) in [7, 11) is -2.19. The van der Waals surface area contributed by atoms with Crippen LogP contribution in [0.5, 0.6) is 0 Å². The Morgan fingerprint density at radius 2 is 1.70 bits per heavy atom. The van der Waals surface area contributed by atoms with Crippen LogP contribution >= 0.6 is 0 Å². The lowest BCUT2D eigenvalue weighted by Gasteiger charge is -2.04. The zero-order valence-electron chi connectivity index (χ0n) is 10.2. The first kappa shape index (κ1) is 14.2. The Morgan fingerprint density at radius 3 is 2.35 bits per heavy atom. The van der Waals surface area contributed by atoms with Crippen LogP contribution in [0.25, 0.3) is 0 Å². The van der Waals surface area contributed by atoms with E-state index in [1.54, 1.807) is 24.3 Å². The molecule has 20 heavy (non-hydrogen) atoms. The van der Waals surface area contributed by atoms with Gasteiger partial charge >= 0.3 is 0 Å². The Morgan fingerprint density at radius 1 is 1.05 bits per heavy atom. The normalized spacial score (nSPS) is 10.1. The number of hydrogen-bond acceptors (Lipinski definition) is 7. The van der Waals surface area contributed by atoms with E-state index in [-0.39, 0.29) is 0 Å². The quantitative estimate of drug-likeness (QED) is 0.290. The van der Waals surface area contributed by atoms with Gasteiger partial charge in [0.25, 0.3) is 10.9 Å². The molecule has 0 aliphatic rings. The second-order valence-electron chi connectivity index (χ2n) is 3.58. The third-order valence-corrected chi connectivity index (χ3v) is 2.63. The molecule has 2 aromatic carbocycles. The highest BCUT2D eigenvalue weighted by molar-refractivity contribution is 7.68. The van der Waals surface area contributed by atoms with E-state index >= 15 is 0 Å². The molecule has 0 spiro atoms. The molecule has 2 N–H and O–H groups in total. The molecule has 0 aliphatic heterocycles. The second-order valence-corrected chi connectivity index (χ2v) is 4.31. The maximum Gasteiger partial charge on any atom is 0.297 e. The lowest BCUT2D eigenvalue weighted by Crippen LogP contribution is -1.88. The molecule has 0 fully saturated rings. The van der Waals surface area contributed by atoms with Crippen molar-refractivity contribution < 1.29 is 18.8 Å². The van der Waals surface area contributed by atoms with Crippen LogP contribution in [0, 0.1) is 0 Å². The molecule has 0 bridgehead atoms. The van der Waals surface area contributed by atoms with Gasteiger partial charge < -0.3 is 9.53 Å². The van der Waals surface area contributed by atoms with Gasteiger partial charge in [-0.05, 0) is 40.6 Å². The molecule has 8 heteroatoms. The Bertz CT molecular complexity index is 663. The standard InChI is InChI=1S/C12H11N3O4S/c16-18-19-20(17)15-14-12-8-6-11(7-9-12)13-10-4-2-1-3-5-10/h1-9,13,16H. The largest absolute Gasteiger partial charge is 0.356 e. The molecule has 0 aliphatic carbocycles. The van der Waals surface area contributed by atoms with Crippen molar-refractivity contribution in [3.05, 3.63) is 54.6 Å². The van der Waals surface area contributed by atoms with Crippen LogP contribution in [0.3, 0.4) is 0 Å². The summed E-state index contributed by atoms with van der Waals surface area (Å²) >= 11 is 0. The van der Waals surface area contributed by atoms with Crippen molar-refractivity contribution in [2.45, 2.75) is 0 Å². The lowest BCUT2D eigenvalue weighted by atomic mass is 10.2. The third-order valence-electron chi connectivity index (χ3n) is 2.24. The Labute approximate surface area is 116 Å². The van der Waals surface area contributed by atoms with E-state index in [2.05, 4.69) is 24.0 Å². The first-order valence-corrected chi connectivity index (χ1v) is 6.55. The fraction of sp³-hybridized carbons (Fsp3) is 0. The van der Waals surface area contributed by atoms with Gasteiger partial charge in [-0.15, -0.1) is 0 Å². The Balaban J connectivity index is 2.07. The van der Waals surface area contributed by atoms with Crippen molar-refractivity contribution in [2.75, 3.05) is 5.32 Å². The molecule has 7 nitrogen and oxygen atoms in total. The van der Waals surface area contributed by atoms with Gasteiger partial charge in [-0.25, -0.2) is 9.59 Å². The van der Waals surface area contributed by atoms with E-state index in [4.69, 9.17) is 5.26 Å².